The smallest absolute Gasteiger partial charge is 0.227 e. The summed E-state index contributed by atoms with van der Waals surface area (Å²) in [4.78, 5) is 33.7. The summed E-state index contributed by atoms with van der Waals surface area (Å²) in [5.41, 5.74) is 3.44. The van der Waals surface area contributed by atoms with Crippen molar-refractivity contribution in [2.24, 2.45) is 0 Å². The van der Waals surface area contributed by atoms with E-state index in [2.05, 4.69) is 40.6 Å². The fourth-order valence-electron chi connectivity index (χ4n) is 5.47. The van der Waals surface area contributed by atoms with Crippen molar-refractivity contribution in [3.05, 3.63) is 93.4 Å². The molecule has 5 nitrogen and oxygen atoms in total. The Labute approximate surface area is 216 Å². The topological polar surface area (TPSA) is 43.9 Å². The molecule has 3 aromatic rings. The molecule has 0 spiro atoms. The van der Waals surface area contributed by atoms with Crippen molar-refractivity contribution < 1.29 is 14.0 Å². The molecule has 1 aromatic heterocycles. The zero-order chi connectivity index (χ0) is 25.1. The van der Waals surface area contributed by atoms with Gasteiger partial charge in [0.25, 0.3) is 0 Å². The third kappa shape index (κ3) is 5.37. The molecule has 1 fully saturated rings. The molecule has 2 aromatic carbocycles. The molecule has 2 amide bonds. The normalized spacial score (nSPS) is 20.3. The van der Waals surface area contributed by atoms with Crippen molar-refractivity contribution in [1.82, 2.24) is 14.7 Å². The molecule has 2 aliphatic heterocycles. The summed E-state index contributed by atoms with van der Waals surface area (Å²) in [6.45, 7) is 5.28. The molecule has 2 atom stereocenters. The highest BCUT2D eigenvalue weighted by Gasteiger charge is 2.32. The number of benzene rings is 2. The third-order valence-electron chi connectivity index (χ3n) is 7.36. The molecule has 0 radical (unpaired) electrons. The second-order valence-electron chi connectivity index (χ2n) is 9.73. The van der Waals surface area contributed by atoms with Gasteiger partial charge in [-0.25, -0.2) is 4.39 Å². The Morgan fingerprint density at radius 3 is 2.50 bits per heavy atom. The molecule has 1 saturated heterocycles. The molecule has 36 heavy (non-hydrogen) atoms. The average Bonchev–Trinajstić information content (AvgIpc) is 3.37. The van der Waals surface area contributed by atoms with Gasteiger partial charge in [0.1, 0.15) is 5.82 Å². The number of fused-ring (bicyclic) bond motifs is 1. The van der Waals surface area contributed by atoms with Gasteiger partial charge in [-0.1, -0.05) is 42.5 Å². The minimum absolute atomic E-state index is 0.0202. The molecule has 188 valence electrons. The van der Waals surface area contributed by atoms with Crippen LogP contribution >= 0.6 is 11.3 Å². The summed E-state index contributed by atoms with van der Waals surface area (Å²) in [5, 5.41) is 2.17. The number of hydrogen-bond acceptors (Lipinski definition) is 4. The van der Waals surface area contributed by atoms with Crippen LogP contribution < -0.4 is 0 Å². The Balaban J connectivity index is 1.17. The molecule has 3 heterocycles. The number of piperazine rings is 1. The first-order chi connectivity index (χ1) is 17.5. The van der Waals surface area contributed by atoms with Crippen LogP contribution in [-0.2, 0) is 22.4 Å². The van der Waals surface area contributed by atoms with Crippen LogP contribution in [0.5, 0.6) is 0 Å². The maximum atomic E-state index is 13.2. The Hall–Kier alpha value is -3.03. The highest BCUT2D eigenvalue weighted by Crippen LogP contribution is 2.37. The maximum Gasteiger partial charge on any atom is 0.227 e. The van der Waals surface area contributed by atoms with Gasteiger partial charge < -0.3 is 9.80 Å². The van der Waals surface area contributed by atoms with Crippen LogP contribution in [0.25, 0.3) is 0 Å². The van der Waals surface area contributed by atoms with Gasteiger partial charge in [0, 0.05) is 50.1 Å². The number of nitrogens with zero attached hydrogens (tertiary/aromatic N) is 3. The molecule has 5 rings (SSSR count). The number of thiophene rings is 1. The second-order valence-corrected chi connectivity index (χ2v) is 10.7. The third-order valence-corrected chi connectivity index (χ3v) is 8.36. The van der Waals surface area contributed by atoms with Gasteiger partial charge in [-0.05, 0) is 53.6 Å². The van der Waals surface area contributed by atoms with Gasteiger partial charge in [0.05, 0.1) is 12.5 Å². The lowest BCUT2D eigenvalue weighted by Gasteiger charge is -2.41. The van der Waals surface area contributed by atoms with E-state index in [1.165, 1.54) is 28.1 Å². The van der Waals surface area contributed by atoms with Gasteiger partial charge in [-0.3, -0.25) is 14.5 Å². The Kier molecular flexibility index (Phi) is 7.48. The van der Waals surface area contributed by atoms with Crippen molar-refractivity contribution in [3.8, 4) is 0 Å². The number of carbonyl (C=O) groups excluding carboxylic acids is 2. The van der Waals surface area contributed by atoms with Crippen LogP contribution in [0.1, 0.15) is 41.0 Å². The van der Waals surface area contributed by atoms with E-state index in [4.69, 9.17) is 0 Å². The molecule has 2 aliphatic rings. The monoisotopic (exact) mass is 505 g/mol. The first-order valence-corrected chi connectivity index (χ1v) is 13.5. The first-order valence-electron chi connectivity index (χ1n) is 12.7. The zero-order valence-electron chi connectivity index (χ0n) is 20.6. The Morgan fingerprint density at radius 2 is 1.75 bits per heavy atom. The van der Waals surface area contributed by atoms with Crippen LogP contribution in [-0.4, -0.2) is 65.3 Å². The molecule has 0 unspecified atom stereocenters. The fourth-order valence-corrected chi connectivity index (χ4v) is 6.37. The SMILES string of the molecule is C[C@H]1CN(C(=O)CCN2CCc3sccc3[C@@H]2c2ccccc2)CCN1C(=O)Cc1ccc(F)cc1. The standard InChI is InChI=1S/C29H32FN3O2S/c1-21-20-32(16-17-33(21)28(35)19-22-7-9-24(30)10-8-22)27(34)12-15-31-14-11-26-25(13-18-36-26)29(31)23-5-3-2-4-6-23/h2-10,13,18,21,29H,11-12,14-17,19-20H2,1H3/t21-,29-/m0/s1. The van der Waals surface area contributed by atoms with E-state index in [-0.39, 0.29) is 36.1 Å². The number of halogens is 1. The van der Waals surface area contributed by atoms with Crippen LogP contribution in [0.4, 0.5) is 4.39 Å². The van der Waals surface area contributed by atoms with Gasteiger partial charge in [0.15, 0.2) is 0 Å². The summed E-state index contributed by atoms with van der Waals surface area (Å²) in [7, 11) is 0. The lowest BCUT2D eigenvalue weighted by atomic mass is 9.93. The summed E-state index contributed by atoms with van der Waals surface area (Å²) in [5.74, 6) is -0.135. The van der Waals surface area contributed by atoms with Crippen LogP contribution in [0.2, 0.25) is 0 Å². The number of carbonyl (C=O) groups is 2. The van der Waals surface area contributed by atoms with Crippen LogP contribution in [0.15, 0.2) is 66.0 Å². The zero-order valence-corrected chi connectivity index (χ0v) is 21.4. The molecule has 0 bridgehead atoms. The molecular weight excluding hydrogens is 473 g/mol. The van der Waals surface area contributed by atoms with Crippen molar-refractivity contribution in [3.63, 3.8) is 0 Å². The van der Waals surface area contributed by atoms with Gasteiger partial charge in [-0.2, -0.15) is 0 Å². The highest BCUT2D eigenvalue weighted by molar-refractivity contribution is 7.10. The van der Waals surface area contributed by atoms with E-state index in [0.29, 0.717) is 32.6 Å². The molecule has 7 heteroatoms. The Morgan fingerprint density at radius 1 is 0.972 bits per heavy atom. The largest absolute Gasteiger partial charge is 0.339 e. The van der Waals surface area contributed by atoms with E-state index >= 15 is 0 Å². The fraction of sp³-hybridized carbons (Fsp3) is 0.379. The maximum absolute atomic E-state index is 13.2. The minimum atomic E-state index is -0.304. The summed E-state index contributed by atoms with van der Waals surface area (Å²) in [6.07, 6.45) is 1.74. The van der Waals surface area contributed by atoms with Crippen LogP contribution in [0.3, 0.4) is 0 Å². The van der Waals surface area contributed by atoms with E-state index in [1.807, 2.05) is 34.1 Å². The van der Waals surface area contributed by atoms with Crippen LogP contribution in [0, 0.1) is 5.82 Å². The van der Waals surface area contributed by atoms with Crippen molar-refractivity contribution >= 4 is 23.2 Å². The average molecular weight is 506 g/mol. The molecule has 0 N–H and O–H groups in total. The number of amides is 2. The number of rotatable bonds is 6. The quantitative estimate of drug-likeness (QED) is 0.495. The van der Waals surface area contributed by atoms with E-state index in [9.17, 15) is 14.0 Å². The lowest BCUT2D eigenvalue weighted by molar-refractivity contribution is -0.142. The molecule has 0 aliphatic carbocycles. The predicted octanol–water partition coefficient (Wildman–Crippen LogP) is 4.53. The summed E-state index contributed by atoms with van der Waals surface area (Å²) >= 11 is 1.83. The van der Waals surface area contributed by atoms with Crippen molar-refractivity contribution in [2.75, 3.05) is 32.7 Å². The van der Waals surface area contributed by atoms with Gasteiger partial charge >= 0.3 is 0 Å². The highest BCUT2D eigenvalue weighted by atomic mass is 32.1. The first kappa shape index (κ1) is 24.7. The summed E-state index contributed by atoms with van der Waals surface area (Å²) in [6, 6.07) is 19.0. The molecular formula is C29H32FN3O2S. The van der Waals surface area contributed by atoms with Gasteiger partial charge in [0.2, 0.25) is 11.8 Å². The summed E-state index contributed by atoms with van der Waals surface area (Å²) < 4.78 is 13.2. The van der Waals surface area contributed by atoms with E-state index < -0.39 is 0 Å². The van der Waals surface area contributed by atoms with Crippen molar-refractivity contribution in [2.45, 2.75) is 38.3 Å². The second kappa shape index (κ2) is 10.9. The van der Waals surface area contributed by atoms with Gasteiger partial charge in [-0.15, -0.1) is 11.3 Å². The van der Waals surface area contributed by atoms with Crippen molar-refractivity contribution in [1.29, 1.82) is 0 Å². The minimum Gasteiger partial charge on any atom is -0.339 e. The predicted molar refractivity (Wildman–Crippen MR) is 140 cm³/mol. The lowest BCUT2D eigenvalue weighted by Crippen LogP contribution is -2.56. The molecule has 0 saturated carbocycles. The number of hydrogen-bond donors (Lipinski definition) is 0. The van der Waals surface area contributed by atoms with E-state index in [0.717, 1.165) is 18.5 Å². The van der Waals surface area contributed by atoms with E-state index in [1.54, 1.807) is 12.1 Å². The Bertz CT molecular complexity index is 1200.